The Labute approximate surface area is 55.7 Å². The molecule has 0 bridgehead atoms. The molecule has 0 N–H and O–H groups in total. The predicted molar refractivity (Wildman–Crippen MR) is 41.5 cm³/mol. The first-order valence-electron chi connectivity index (χ1n) is 2.20. The Hall–Kier alpha value is -0.175. The zero-order chi connectivity index (χ0) is 6.57. The van der Waals surface area contributed by atoms with Gasteiger partial charge in [0.1, 0.15) is 7.85 Å². The van der Waals surface area contributed by atoms with E-state index in [1.54, 1.807) is 11.8 Å². The third-order valence-electron chi connectivity index (χ3n) is 0.596. The van der Waals surface area contributed by atoms with Crippen molar-refractivity contribution in [2.24, 2.45) is 4.99 Å². The fourth-order valence-electron chi connectivity index (χ4n) is 0.248. The van der Waals surface area contributed by atoms with Crippen LogP contribution in [0, 0.1) is 0 Å². The van der Waals surface area contributed by atoms with E-state index in [1.165, 1.54) is 0 Å². The molecule has 0 aromatic carbocycles. The lowest BCUT2D eigenvalue weighted by Gasteiger charge is -1.91. The number of hydrogen-bond donors (Lipinski definition) is 0. The maximum absolute atomic E-state index is 5.17. The second-order valence-electron chi connectivity index (χ2n) is 1.33. The molecule has 0 heterocycles. The van der Waals surface area contributed by atoms with Crippen LogP contribution in [0.1, 0.15) is 6.92 Å². The first-order valence-corrected chi connectivity index (χ1v) is 3.43. The van der Waals surface area contributed by atoms with Crippen LogP contribution in [-0.2, 0) is 0 Å². The Bertz CT molecular complexity index is 120. The molecule has 2 radical (unpaired) electrons. The van der Waals surface area contributed by atoms with Gasteiger partial charge >= 0.3 is 0 Å². The van der Waals surface area contributed by atoms with Gasteiger partial charge in [-0.15, -0.1) is 11.8 Å². The van der Waals surface area contributed by atoms with Crippen molar-refractivity contribution >= 4 is 24.7 Å². The molecule has 3 heteroatoms. The monoisotopic (exact) mass is 125 g/mol. The van der Waals surface area contributed by atoms with E-state index in [0.29, 0.717) is 5.60 Å². The van der Waals surface area contributed by atoms with Gasteiger partial charge in [-0.1, -0.05) is 6.58 Å². The van der Waals surface area contributed by atoms with Crippen LogP contribution in [-0.4, -0.2) is 19.1 Å². The van der Waals surface area contributed by atoms with Crippen molar-refractivity contribution in [1.29, 1.82) is 0 Å². The number of nitrogens with zero attached hydrogens (tertiary/aromatic N) is 1. The molecule has 0 amide bonds. The van der Waals surface area contributed by atoms with Gasteiger partial charge in [-0.05, 0) is 18.8 Å². The number of aliphatic imine (C=N–C) groups is 1. The Balaban J connectivity index is 3.75. The van der Waals surface area contributed by atoms with Crippen LogP contribution in [0.3, 0.4) is 0 Å². The summed E-state index contributed by atoms with van der Waals surface area (Å²) in [5.74, 6) is 0. The highest BCUT2D eigenvalue weighted by atomic mass is 32.2. The molecule has 0 rings (SSSR count). The minimum Gasteiger partial charge on any atom is -0.264 e. The molecule has 0 aliphatic rings. The largest absolute Gasteiger partial charge is 0.264 e. The summed E-state index contributed by atoms with van der Waals surface area (Å²) in [6, 6.07) is 0. The summed E-state index contributed by atoms with van der Waals surface area (Å²) >= 11 is 1.56. The lowest BCUT2D eigenvalue weighted by Crippen LogP contribution is -1.82. The van der Waals surface area contributed by atoms with Gasteiger partial charge in [-0.3, -0.25) is 4.99 Å². The SMILES string of the molecule is [B]C(=C)N=C(C)SC. The number of thioether (sulfide) groups is 1. The third kappa shape index (κ3) is 4.00. The second-order valence-corrected chi connectivity index (χ2v) is 2.33. The van der Waals surface area contributed by atoms with Crippen molar-refractivity contribution < 1.29 is 0 Å². The quantitative estimate of drug-likeness (QED) is 0.293. The van der Waals surface area contributed by atoms with Gasteiger partial charge in [-0.25, -0.2) is 0 Å². The van der Waals surface area contributed by atoms with Crippen LogP contribution < -0.4 is 0 Å². The molecule has 8 heavy (non-hydrogen) atoms. The van der Waals surface area contributed by atoms with E-state index in [9.17, 15) is 0 Å². The lowest BCUT2D eigenvalue weighted by molar-refractivity contribution is 1.54. The van der Waals surface area contributed by atoms with E-state index in [4.69, 9.17) is 7.85 Å². The Morgan fingerprint density at radius 2 is 2.25 bits per heavy atom. The number of hydrogen-bond acceptors (Lipinski definition) is 2. The van der Waals surface area contributed by atoms with Crippen LogP contribution in [0.25, 0.3) is 0 Å². The van der Waals surface area contributed by atoms with Crippen molar-refractivity contribution in [1.82, 2.24) is 0 Å². The van der Waals surface area contributed by atoms with Crippen molar-refractivity contribution in [3.8, 4) is 0 Å². The molecule has 42 valence electrons. The van der Waals surface area contributed by atoms with Gasteiger partial charge in [0.15, 0.2) is 0 Å². The van der Waals surface area contributed by atoms with Gasteiger partial charge in [0.2, 0.25) is 0 Å². The summed E-state index contributed by atoms with van der Waals surface area (Å²) in [5.41, 5.74) is 0.372. The zero-order valence-corrected chi connectivity index (χ0v) is 5.96. The molecule has 0 fully saturated rings. The molecule has 0 aliphatic heterocycles. The molecule has 0 unspecified atom stereocenters. The molecule has 0 aromatic rings. The summed E-state index contributed by atoms with van der Waals surface area (Å²) < 4.78 is 0. The molecular formula is C5H8BNS. The van der Waals surface area contributed by atoms with E-state index in [0.717, 1.165) is 5.04 Å². The highest BCUT2D eigenvalue weighted by Gasteiger charge is 1.82. The fourth-order valence-corrected chi connectivity index (χ4v) is 0.456. The lowest BCUT2D eigenvalue weighted by atomic mass is 10.1. The summed E-state index contributed by atoms with van der Waals surface area (Å²) in [6.45, 7) is 5.31. The average Bonchev–Trinajstić information content (AvgIpc) is 1.65. The van der Waals surface area contributed by atoms with E-state index >= 15 is 0 Å². The van der Waals surface area contributed by atoms with E-state index in [1.807, 2.05) is 13.2 Å². The van der Waals surface area contributed by atoms with Crippen molar-refractivity contribution in [2.75, 3.05) is 6.26 Å². The third-order valence-corrected chi connectivity index (χ3v) is 1.28. The molecule has 0 aliphatic carbocycles. The van der Waals surface area contributed by atoms with Gasteiger partial charge in [0.05, 0.1) is 5.04 Å². The Kier molecular flexibility index (Phi) is 3.70. The second kappa shape index (κ2) is 3.78. The van der Waals surface area contributed by atoms with Crippen LogP contribution in [0.4, 0.5) is 0 Å². The Morgan fingerprint density at radius 1 is 1.75 bits per heavy atom. The summed E-state index contributed by atoms with van der Waals surface area (Å²) in [5, 5.41) is 0.942. The Morgan fingerprint density at radius 3 is 2.38 bits per heavy atom. The van der Waals surface area contributed by atoms with Crippen LogP contribution in [0.5, 0.6) is 0 Å². The first-order chi connectivity index (χ1) is 3.66. The first kappa shape index (κ1) is 7.82. The van der Waals surface area contributed by atoms with Crippen LogP contribution in [0.15, 0.2) is 17.2 Å². The van der Waals surface area contributed by atoms with Gasteiger partial charge in [0, 0.05) is 0 Å². The average molecular weight is 125 g/mol. The standard InChI is InChI=1S/C5H8BNS/c1-4(6)7-5(2)8-3/h1H2,2-3H3. The maximum Gasteiger partial charge on any atom is 0.140 e. The number of rotatable bonds is 1. The van der Waals surface area contributed by atoms with E-state index < -0.39 is 0 Å². The highest BCUT2D eigenvalue weighted by Crippen LogP contribution is 1.98. The molecule has 1 nitrogen and oxygen atoms in total. The summed E-state index contributed by atoms with van der Waals surface area (Å²) in [7, 11) is 5.17. The van der Waals surface area contributed by atoms with E-state index in [-0.39, 0.29) is 0 Å². The smallest absolute Gasteiger partial charge is 0.140 e. The summed E-state index contributed by atoms with van der Waals surface area (Å²) in [6.07, 6.45) is 1.95. The molecule has 0 atom stereocenters. The fraction of sp³-hybridized carbons (Fsp3) is 0.400. The maximum atomic E-state index is 5.17. The minimum atomic E-state index is 0.372. The highest BCUT2D eigenvalue weighted by molar-refractivity contribution is 8.13. The van der Waals surface area contributed by atoms with Crippen molar-refractivity contribution in [3.05, 3.63) is 12.2 Å². The molecular weight excluding hydrogens is 117 g/mol. The van der Waals surface area contributed by atoms with Crippen molar-refractivity contribution in [2.45, 2.75) is 6.92 Å². The molecule has 0 aromatic heterocycles. The molecule has 0 saturated heterocycles. The van der Waals surface area contributed by atoms with Gasteiger partial charge in [0.25, 0.3) is 0 Å². The van der Waals surface area contributed by atoms with Gasteiger partial charge < -0.3 is 0 Å². The van der Waals surface area contributed by atoms with Crippen molar-refractivity contribution in [3.63, 3.8) is 0 Å². The normalized spacial score (nSPS) is 11.5. The zero-order valence-electron chi connectivity index (χ0n) is 5.14. The minimum absolute atomic E-state index is 0.372. The van der Waals surface area contributed by atoms with Crippen LogP contribution >= 0.6 is 11.8 Å². The van der Waals surface area contributed by atoms with Crippen LogP contribution in [0.2, 0.25) is 0 Å². The molecule has 0 spiro atoms. The van der Waals surface area contributed by atoms with E-state index in [2.05, 4.69) is 11.6 Å². The topological polar surface area (TPSA) is 12.4 Å². The molecule has 0 saturated carbocycles. The summed E-state index contributed by atoms with van der Waals surface area (Å²) in [4.78, 5) is 3.86. The predicted octanol–water partition coefficient (Wildman–Crippen LogP) is 1.41. The van der Waals surface area contributed by atoms with Gasteiger partial charge in [-0.2, -0.15) is 0 Å².